The summed E-state index contributed by atoms with van der Waals surface area (Å²) in [5, 5.41) is 9.58. The van der Waals surface area contributed by atoms with E-state index >= 15 is 0 Å². The molecule has 0 saturated carbocycles. The Labute approximate surface area is 115 Å². The van der Waals surface area contributed by atoms with Crippen LogP contribution in [-0.2, 0) is 4.74 Å². The number of terminal acetylenes is 1. The predicted molar refractivity (Wildman–Crippen MR) is 77.2 cm³/mol. The number of rotatable bonds is 5. The standard InChI is InChI=1S/C16H21NO2/c1-4-14-6-5-7-15(8-14)17(13(2)3)9-16(10-18)11-19-12-16/h1,5-8,13,18H,9-12H2,2-3H3. The highest BCUT2D eigenvalue weighted by atomic mass is 16.5. The molecule has 1 N–H and O–H groups in total. The van der Waals surface area contributed by atoms with Gasteiger partial charge in [-0.2, -0.15) is 0 Å². The first-order valence-corrected chi connectivity index (χ1v) is 6.62. The van der Waals surface area contributed by atoms with Gasteiger partial charge in [0, 0.05) is 23.8 Å². The Bertz CT molecular complexity index is 466. The number of benzene rings is 1. The summed E-state index contributed by atoms with van der Waals surface area (Å²) in [5.41, 5.74) is 1.85. The summed E-state index contributed by atoms with van der Waals surface area (Å²) in [6.45, 7) is 6.49. The molecular formula is C16H21NO2. The van der Waals surface area contributed by atoms with Crippen LogP contribution in [0.25, 0.3) is 0 Å². The van der Waals surface area contributed by atoms with Crippen LogP contribution in [0.3, 0.4) is 0 Å². The molecule has 3 heteroatoms. The van der Waals surface area contributed by atoms with Gasteiger partial charge in [-0.15, -0.1) is 6.42 Å². The third kappa shape index (κ3) is 2.91. The van der Waals surface area contributed by atoms with E-state index in [0.717, 1.165) is 17.8 Å². The maximum absolute atomic E-state index is 9.58. The number of aliphatic hydroxyl groups excluding tert-OH is 1. The van der Waals surface area contributed by atoms with E-state index in [9.17, 15) is 5.11 Å². The molecule has 0 aliphatic carbocycles. The zero-order valence-corrected chi connectivity index (χ0v) is 11.6. The average Bonchev–Trinajstić information content (AvgIpc) is 2.38. The maximum atomic E-state index is 9.58. The number of anilines is 1. The van der Waals surface area contributed by atoms with Crippen LogP contribution in [0, 0.1) is 17.8 Å². The molecule has 0 atom stereocenters. The molecule has 1 saturated heterocycles. The third-order valence-corrected chi connectivity index (χ3v) is 3.63. The number of hydrogen-bond acceptors (Lipinski definition) is 3. The van der Waals surface area contributed by atoms with Gasteiger partial charge in [0.25, 0.3) is 0 Å². The first kappa shape index (κ1) is 13.9. The zero-order chi connectivity index (χ0) is 13.9. The van der Waals surface area contributed by atoms with Crippen molar-refractivity contribution in [2.75, 3.05) is 31.3 Å². The van der Waals surface area contributed by atoms with Crippen LogP contribution in [0.2, 0.25) is 0 Å². The fourth-order valence-electron chi connectivity index (χ4n) is 2.33. The SMILES string of the molecule is C#Cc1cccc(N(CC2(CO)COC2)C(C)C)c1. The van der Waals surface area contributed by atoms with Crippen molar-refractivity contribution >= 4 is 5.69 Å². The van der Waals surface area contributed by atoms with Crippen LogP contribution >= 0.6 is 0 Å². The summed E-state index contributed by atoms with van der Waals surface area (Å²) in [6.07, 6.45) is 5.46. The van der Waals surface area contributed by atoms with E-state index in [1.807, 2.05) is 18.2 Å². The summed E-state index contributed by atoms with van der Waals surface area (Å²) < 4.78 is 5.27. The molecule has 0 aromatic heterocycles. The molecule has 0 bridgehead atoms. The molecule has 102 valence electrons. The van der Waals surface area contributed by atoms with Crippen LogP contribution < -0.4 is 4.90 Å². The monoisotopic (exact) mass is 259 g/mol. The van der Waals surface area contributed by atoms with Gasteiger partial charge in [-0.1, -0.05) is 12.0 Å². The Morgan fingerprint density at radius 2 is 2.21 bits per heavy atom. The minimum Gasteiger partial charge on any atom is -0.396 e. The lowest BCUT2D eigenvalue weighted by Gasteiger charge is -2.45. The van der Waals surface area contributed by atoms with Gasteiger partial charge in [-0.25, -0.2) is 0 Å². The molecule has 0 amide bonds. The largest absolute Gasteiger partial charge is 0.396 e. The van der Waals surface area contributed by atoms with Crippen molar-refractivity contribution in [1.82, 2.24) is 0 Å². The van der Waals surface area contributed by atoms with Gasteiger partial charge in [0.1, 0.15) is 0 Å². The number of nitrogens with zero attached hydrogens (tertiary/aromatic N) is 1. The lowest BCUT2D eigenvalue weighted by molar-refractivity contribution is -0.131. The van der Waals surface area contributed by atoms with Crippen molar-refractivity contribution in [3.63, 3.8) is 0 Å². The molecule has 1 aliphatic heterocycles. The highest BCUT2D eigenvalue weighted by Crippen LogP contribution is 2.31. The predicted octanol–water partition coefficient (Wildman–Crippen LogP) is 1.89. The highest BCUT2D eigenvalue weighted by molar-refractivity contribution is 5.53. The van der Waals surface area contributed by atoms with Crippen molar-refractivity contribution in [1.29, 1.82) is 0 Å². The number of ether oxygens (including phenoxy) is 1. The first-order valence-electron chi connectivity index (χ1n) is 6.62. The second kappa shape index (κ2) is 5.64. The molecule has 2 rings (SSSR count). The quantitative estimate of drug-likeness (QED) is 0.820. The first-order chi connectivity index (χ1) is 9.10. The van der Waals surface area contributed by atoms with Gasteiger partial charge in [-0.05, 0) is 32.0 Å². The summed E-state index contributed by atoms with van der Waals surface area (Å²) in [5.74, 6) is 2.67. The topological polar surface area (TPSA) is 32.7 Å². The molecule has 1 aromatic carbocycles. The third-order valence-electron chi connectivity index (χ3n) is 3.63. The lowest BCUT2D eigenvalue weighted by Crippen LogP contribution is -2.54. The van der Waals surface area contributed by atoms with Crippen molar-refractivity contribution in [3.05, 3.63) is 29.8 Å². The second-order valence-corrected chi connectivity index (χ2v) is 5.57. The van der Waals surface area contributed by atoms with Gasteiger partial charge in [0.05, 0.1) is 25.2 Å². The minimum atomic E-state index is -0.129. The average molecular weight is 259 g/mol. The molecule has 0 radical (unpaired) electrons. The minimum absolute atomic E-state index is 0.129. The smallest absolute Gasteiger partial charge is 0.0584 e. The van der Waals surface area contributed by atoms with Gasteiger partial charge in [0.15, 0.2) is 0 Å². The molecule has 0 spiro atoms. The second-order valence-electron chi connectivity index (χ2n) is 5.57. The van der Waals surface area contributed by atoms with Crippen LogP contribution in [0.5, 0.6) is 0 Å². The summed E-state index contributed by atoms with van der Waals surface area (Å²) >= 11 is 0. The van der Waals surface area contributed by atoms with E-state index in [4.69, 9.17) is 11.2 Å². The van der Waals surface area contributed by atoms with Crippen molar-refractivity contribution < 1.29 is 9.84 Å². The molecule has 1 aliphatic rings. The molecule has 3 nitrogen and oxygen atoms in total. The fourth-order valence-corrected chi connectivity index (χ4v) is 2.33. The van der Waals surface area contributed by atoms with Crippen molar-refractivity contribution in [2.24, 2.45) is 5.41 Å². The normalized spacial score (nSPS) is 16.8. The lowest BCUT2D eigenvalue weighted by atomic mass is 9.86. The summed E-state index contributed by atoms with van der Waals surface area (Å²) in [7, 11) is 0. The Morgan fingerprint density at radius 3 is 2.68 bits per heavy atom. The molecule has 19 heavy (non-hydrogen) atoms. The van der Waals surface area contributed by atoms with E-state index in [1.54, 1.807) is 0 Å². The Morgan fingerprint density at radius 1 is 1.47 bits per heavy atom. The molecule has 1 aromatic rings. The van der Waals surface area contributed by atoms with Crippen molar-refractivity contribution in [2.45, 2.75) is 19.9 Å². The van der Waals surface area contributed by atoms with E-state index in [-0.39, 0.29) is 12.0 Å². The Kier molecular flexibility index (Phi) is 4.14. The Hall–Kier alpha value is -1.50. The maximum Gasteiger partial charge on any atom is 0.0584 e. The van der Waals surface area contributed by atoms with E-state index in [2.05, 4.69) is 30.7 Å². The van der Waals surface area contributed by atoms with E-state index in [0.29, 0.717) is 19.3 Å². The van der Waals surface area contributed by atoms with Crippen LogP contribution in [0.1, 0.15) is 19.4 Å². The zero-order valence-electron chi connectivity index (χ0n) is 11.6. The highest BCUT2D eigenvalue weighted by Gasteiger charge is 2.40. The number of aliphatic hydroxyl groups is 1. The molecule has 1 fully saturated rings. The Balaban J connectivity index is 2.22. The molecule has 1 heterocycles. The molecule has 0 unspecified atom stereocenters. The van der Waals surface area contributed by atoms with Crippen molar-refractivity contribution in [3.8, 4) is 12.3 Å². The summed E-state index contributed by atoms with van der Waals surface area (Å²) in [6, 6.07) is 8.33. The van der Waals surface area contributed by atoms with Gasteiger partial charge in [0.2, 0.25) is 0 Å². The van der Waals surface area contributed by atoms with Crippen LogP contribution in [0.4, 0.5) is 5.69 Å². The van der Waals surface area contributed by atoms with Gasteiger partial charge in [-0.3, -0.25) is 0 Å². The van der Waals surface area contributed by atoms with Crippen LogP contribution in [0.15, 0.2) is 24.3 Å². The molecular weight excluding hydrogens is 238 g/mol. The van der Waals surface area contributed by atoms with Gasteiger partial charge >= 0.3 is 0 Å². The van der Waals surface area contributed by atoms with Crippen LogP contribution in [-0.4, -0.2) is 37.5 Å². The van der Waals surface area contributed by atoms with Gasteiger partial charge < -0.3 is 14.7 Å². The summed E-state index contributed by atoms with van der Waals surface area (Å²) in [4.78, 5) is 2.28. The number of hydrogen-bond donors (Lipinski definition) is 1. The van der Waals surface area contributed by atoms with E-state index in [1.165, 1.54) is 0 Å². The fraction of sp³-hybridized carbons (Fsp3) is 0.500. The van der Waals surface area contributed by atoms with E-state index < -0.39 is 0 Å².